The van der Waals surface area contributed by atoms with Crippen LogP contribution in [0.3, 0.4) is 0 Å². The molecule has 0 aliphatic carbocycles. The third-order valence-corrected chi connectivity index (χ3v) is 5.31. The summed E-state index contributed by atoms with van der Waals surface area (Å²) in [6.07, 6.45) is 0. The Hall–Kier alpha value is -0.430. The van der Waals surface area contributed by atoms with Gasteiger partial charge in [-0.3, -0.25) is 12.9 Å². The smallest absolute Gasteiger partial charge is 0.390 e. The van der Waals surface area contributed by atoms with Crippen LogP contribution in [0.2, 0.25) is 0 Å². The first-order valence-electron chi connectivity index (χ1n) is 5.17. The summed E-state index contributed by atoms with van der Waals surface area (Å²) in [5.41, 5.74) is 0. The minimum atomic E-state index is -3.70. The van der Waals surface area contributed by atoms with Gasteiger partial charge in [-0.15, -0.1) is 0 Å². The molecule has 1 fully saturated rings. The van der Waals surface area contributed by atoms with E-state index in [4.69, 9.17) is 9.05 Å². The summed E-state index contributed by atoms with van der Waals surface area (Å²) in [6, 6.07) is 0. The summed E-state index contributed by atoms with van der Waals surface area (Å²) in [5.74, 6) is 0.854. The summed E-state index contributed by atoms with van der Waals surface area (Å²) in [6.45, 7) is 3.46. The summed E-state index contributed by atoms with van der Waals surface area (Å²) in [5, 5.41) is 2.55. The molecule has 1 heterocycles. The van der Waals surface area contributed by atoms with Crippen molar-refractivity contribution in [3.8, 4) is 0 Å². The van der Waals surface area contributed by atoms with E-state index in [2.05, 4.69) is 4.52 Å². The van der Waals surface area contributed by atoms with Crippen LogP contribution in [-0.2, 0) is 39.7 Å². The Balaban J connectivity index is 3.09. The van der Waals surface area contributed by atoms with Gasteiger partial charge in [0, 0.05) is 51.0 Å². The Labute approximate surface area is 111 Å². The van der Waals surface area contributed by atoms with Gasteiger partial charge in [-0.25, -0.2) is 4.57 Å². The van der Waals surface area contributed by atoms with Crippen molar-refractivity contribution in [3.63, 3.8) is 0 Å². The molecule has 6 nitrogen and oxygen atoms in total. The Bertz CT molecular complexity index is 432. The van der Waals surface area contributed by atoms with Gasteiger partial charge in [0.1, 0.15) is 0 Å². The summed E-state index contributed by atoms with van der Waals surface area (Å²) in [4.78, 5) is 0. The standard InChI is InChI=1S/C9H15O6PS2/c1-4-17(11)6-8-9(7-18(12)5-2)15-16(10,13-3)14-8/h6-7H,4-5H2,1-3H3. The Morgan fingerprint density at radius 2 is 1.50 bits per heavy atom. The molecule has 0 radical (unpaired) electrons. The molecule has 1 rings (SSSR count). The lowest BCUT2D eigenvalue weighted by atomic mass is 10.5. The fraction of sp³-hybridized carbons (Fsp3) is 0.556. The van der Waals surface area contributed by atoms with Crippen LogP contribution in [-0.4, -0.2) is 27.0 Å². The van der Waals surface area contributed by atoms with Gasteiger partial charge in [0.05, 0.1) is 0 Å². The minimum absolute atomic E-state index is 0.0437. The molecule has 0 bridgehead atoms. The van der Waals surface area contributed by atoms with Crippen molar-refractivity contribution in [1.82, 2.24) is 0 Å². The highest BCUT2D eigenvalue weighted by Gasteiger charge is 2.40. The second-order valence-electron chi connectivity index (χ2n) is 3.12. The SMILES string of the molecule is CCS(=O)C=C1OP(=O)(OC)OC1=CS(=O)CC. The first-order valence-corrected chi connectivity index (χ1v) is 9.40. The number of phosphoric ester groups is 1. The molecule has 104 valence electrons. The molecule has 0 saturated carbocycles. The largest absolute Gasteiger partial charge is 0.587 e. The number of hydrogen-bond acceptors (Lipinski definition) is 6. The number of hydrogen-bond donors (Lipinski definition) is 0. The number of phosphoric acid groups is 1. The molecule has 2 unspecified atom stereocenters. The molecule has 0 aromatic rings. The second kappa shape index (κ2) is 6.65. The van der Waals surface area contributed by atoms with Crippen LogP contribution in [0.1, 0.15) is 13.8 Å². The maximum absolute atomic E-state index is 11.8. The van der Waals surface area contributed by atoms with Crippen molar-refractivity contribution in [2.75, 3.05) is 18.6 Å². The molecule has 0 spiro atoms. The van der Waals surface area contributed by atoms with E-state index in [9.17, 15) is 13.0 Å². The Kier molecular flexibility index (Phi) is 5.78. The lowest BCUT2D eigenvalue weighted by Gasteiger charge is -2.03. The third kappa shape index (κ3) is 4.05. The molecule has 9 heteroatoms. The van der Waals surface area contributed by atoms with E-state index in [1.54, 1.807) is 13.8 Å². The molecule has 1 aliphatic heterocycles. The minimum Gasteiger partial charge on any atom is -0.390 e. The van der Waals surface area contributed by atoms with Crippen LogP contribution < -0.4 is 0 Å². The molecular weight excluding hydrogens is 299 g/mol. The van der Waals surface area contributed by atoms with Crippen LogP contribution in [0.25, 0.3) is 0 Å². The monoisotopic (exact) mass is 314 g/mol. The predicted octanol–water partition coefficient (Wildman–Crippen LogP) is 2.01. The van der Waals surface area contributed by atoms with Crippen LogP contribution >= 0.6 is 7.82 Å². The summed E-state index contributed by atoms with van der Waals surface area (Å²) >= 11 is 0. The molecule has 0 N–H and O–H groups in total. The summed E-state index contributed by atoms with van der Waals surface area (Å²) in [7, 11) is -5.07. The van der Waals surface area contributed by atoms with Crippen LogP contribution in [0, 0.1) is 0 Å². The van der Waals surface area contributed by atoms with Gasteiger partial charge in [-0.05, 0) is 0 Å². The van der Waals surface area contributed by atoms with Crippen molar-refractivity contribution < 1.29 is 26.6 Å². The Morgan fingerprint density at radius 1 is 1.11 bits per heavy atom. The van der Waals surface area contributed by atoms with E-state index < -0.39 is 29.4 Å². The highest BCUT2D eigenvalue weighted by Crippen LogP contribution is 2.59. The highest BCUT2D eigenvalue weighted by molar-refractivity contribution is 7.88. The summed E-state index contributed by atoms with van der Waals surface area (Å²) < 4.78 is 49.3. The highest BCUT2D eigenvalue weighted by atomic mass is 32.2. The normalized spacial score (nSPS) is 31.1. The van der Waals surface area contributed by atoms with E-state index in [1.165, 1.54) is 17.9 Å². The zero-order chi connectivity index (χ0) is 13.8. The quantitative estimate of drug-likeness (QED) is 0.722. The van der Waals surface area contributed by atoms with Gasteiger partial charge in [0.2, 0.25) is 0 Å². The lowest BCUT2D eigenvalue weighted by Crippen LogP contribution is -1.94. The Morgan fingerprint density at radius 3 is 1.78 bits per heavy atom. The van der Waals surface area contributed by atoms with Crippen molar-refractivity contribution in [3.05, 3.63) is 22.3 Å². The lowest BCUT2D eigenvalue weighted by molar-refractivity contribution is 0.242. The van der Waals surface area contributed by atoms with E-state index >= 15 is 0 Å². The van der Waals surface area contributed by atoms with E-state index in [-0.39, 0.29) is 11.5 Å². The van der Waals surface area contributed by atoms with Gasteiger partial charge in [-0.1, -0.05) is 13.8 Å². The first-order chi connectivity index (χ1) is 8.44. The maximum Gasteiger partial charge on any atom is 0.587 e. The second-order valence-corrected chi connectivity index (χ2v) is 7.89. The first kappa shape index (κ1) is 15.6. The van der Waals surface area contributed by atoms with Crippen LogP contribution in [0.5, 0.6) is 0 Å². The van der Waals surface area contributed by atoms with Gasteiger partial charge < -0.3 is 9.05 Å². The predicted molar refractivity (Wildman–Crippen MR) is 70.3 cm³/mol. The van der Waals surface area contributed by atoms with Crippen molar-refractivity contribution in [2.45, 2.75) is 13.8 Å². The average molecular weight is 314 g/mol. The molecule has 1 saturated heterocycles. The zero-order valence-electron chi connectivity index (χ0n) is 10.3. The molecule has 0 aromatic heterocycles. The molecule has 2 atom stereocenters. The molecule has 18 heavy (non-hydrogen) atoms. The molecule has 0 amide bonds. The van der Waals surface area contributed by atoms with Gasteiger partial charge >= 0.3 is 7.82 Å². The van der Waals surface area contributed by atoms with Crippen molar-refractivity contribution >= 4 is 29.4 Å². The average Bonchev–Trinajstić information content (AvgIpc) is 2.66. The van der Waals surface area contributed by atoms with Gasteiger partial charge in [-0.2, -0.15) is 0 Å². The van der Waals surface area contributed by atoms with Gasteiger partial charge in [0.25, 0.3) is 0 Å². The van der Waals surface area contributed by atoms with E-state index in [1.807, 2.05) is 0 Å². The fourth-order valence-electron chi connectivity index (χ4n) is 0.989. The molecule has 1 aliphatic rings. The van der Waals surface area contributed by atoms with Crippen LogP contribution in [0.4, 0.5) is 0 Å². The van der Waals surface area contributed by atoms with E-state index in [0.29, 0.717) is 11.5 Å². The van der Waals surface area contributed by atoms with Crippen molar-refractivity contribution in [2.24, 2.45) is 0 Å². The van der Waals surface area contributed by atoms with E-state index in [0.717, 1.165) is 0 Å². The number of rotatable bonds is 5. The zero-order valence-corrected chi connectivity index (χ0v) is 12.8. The third-order valence-electron chi connectivity index (χ3n) is 1.93. The fourth-order valence-corrected chi connectivity index (χ4v) is 3.22. The molecule has 0 aromatic carbocycles. The van der Waals surface area contributed by atoms with Gasteiger partial charge in [0.15, 0.2) is 11.5 Å². The topological polar surface area (TPSA) is 78.9 Å². The maximum atomic E-state index is 11.8. The van der Waals surface area contributed by atoms with Crippen LogP contribution in [0.15, 0.2) is 22.3 Å². The molecular formula is C9H15O6PS2. The van der Waals surface area contributed by atoms with Crippen molar-refractivity contribution in [1.29, 1.82) is 0 Å².